The molecule has 0 bridgehead atoms. The summed E-state index contributed by atoms with van der Waals surface area (Å²) in [6.45, 7) is 3.86. The first-order valence-corrected chi connectivity index (χ1v) is 6.01. The van der Waals surface area contributed by atoms with Crippen LogP contribution in [0.3, 0.4) is 0 Å². The summed E-state index contributed by atoms with van der Waals surface area (Å²) in [5, 5.41) is 16.5. The number of benzene rings is 1. The third kappa shape index (κ3) is 2.74. The van der Waals surface area contributed by atoms with E-state index in [4.69, 9.17) is 0 Å². The smallest absolute Gasteiger partial charge is 0.0781 e. The number of hydrogen-bond acceptors (Lipinski definition) is 3. The number of nitrogens with one attached hydrogen (secondary N) is 2. The minimum Gasteiger partial charge on any atom is -0.389 e. The van der Waals surface area contributed by atoms with Gasteiger partial charge in [-0.15, -0.1) is 0 Å². The van der Waals surface area contributed by atoms with Gasteiger partial charge in [-0.3, -0.25) is 0 Å². The molecule has 3 N–H and O–H groups in total. The Hall–Kier alpha value is -1.06. The van der Waals surface area contributed by atoms with Gasteiger partial charge < -0.3 is 15.7 Å². The van der Waals surface area contributed by atoms with Gasteiger partial charge in [-0.1, -0.05) is 18.2 Å². The van der Waals surface area contributed by atoms with E-state index < -0.39 is 6.10 Å². The van der Waals surface area contributed by atoms with E-state index in [1.54, 1.807) is 6.92 Å². The van der Waals surface area contributed by atoms with Crippen molar-refractivity contribution in [3.63, 3.8) is 0 Å². The lowest BCUT2D eigenvalue weighted by Crippen LogP contribution is -2.29. The zero-order valence-corrected chi connectivity index (χ0v) is 9.74. The summed E-state index contributed by atoms with van der Waals surface area (Å²) in [4.78, 5) is 0. The predicted octanol–water partition coefficient (Wildman–Crippen LogP) is 1.90. The van der Waals surface area contributed by atoms with Crippen molar-refractivity contribution in [2.45, 2.75) is 31.9 Å². The zero-order valence-electron chi connectivity index (χ0n) is 9.74. The van der Waals surface area contributed by atoms with Crippen molar-refractivity contribution < 1.29 is 5.11 Å². The lowest BCUT2D eigenvalue weighted by molar-refractivity contribution is 0.200. The first-order valence-electron chi connectivity index (χ1n) is 6.01. The Bertz CT molecular complexity index is 332. The number of anilines is 1. The van der Waals surface area contributed by atoms with Gasteiger partial charge in [-0.25, -0.2) is 0 Å². The Morgan fingerprint density at radius 3 is 3.00 bits per heavy atom. The van der Waals surface area contributed by atoms with Crippen LogP contribution >= 0.6 is 0 Å². The fourth-order valence-electron chi connectivity index (χ4n) is 2.19. The van der Waals surface area contributed by atoms with Gasteiger partial charge in [0.05, 0.1) is 6.10 Å². The Balaban J connectivity index is 1.97. The standard InChI is InChI=1S/C13H20N2O/c1-10(16)12-6-2-3-7-13(12)15-9-11-5-4-8-14-11/h2-3,6-7,10-11,14-16H,4-5,8-9H2,1H3. The van der Waals surface area contributed by atoms with Crippen molar-refractivity contribution in [1.29, 1.82) is 0 Å². The second-order valence-electron chi connectivity index (χ2n) is 4.44. The van der Waals surface area contributed by atoms with Crippen LogP contribution in [0.5, 0.6) is 0 Å². The highest BCUT2D eigenvalue weighted by atomic mass is 16.3. The van der Waals surface area contributed by atoms with Gasteiger partial charge in [0.15, 0.2) is 0 Å². The van der Waals surface area contributed by atoms with Crippen LogP contribution in [0.1, 0.15) is 31.4 Å². The van der Waals surface area contributed by atoms with Crippen molar-refractivity contribution in [3.05, 3.63) is 29.8 Å². The fourth-order valence-corrected chi connectivity index (χ4v) is 2.19. The molecule has 1 aromatic rings. The molecular weight excluding hydrogens is 200 g/mol. The highest BCUT2D eigenvalue weighted by molar-refractivity contribution is 5.52. The summed E-state index contributed by atoms with van der Waals surface area (Å²) in [6.07, 6.45) is 2.09. The lowest BCUT2D eigenvalue weighted by atomic mass is 10.1. The van der Waals surface area contributed by atoms with E-state index in [0.29, 0.717) is 6.04 Å². The highest BCUT2D eigenvalue weighted by Crippen LogP contribution is 2.22. The van der Waals surface area contributed by atoms with E-state index in [-0.39, 0.29) is 0 Å². The summed E-state index contributed by atoms with van der Waals surface area (Å²) in [5.74, 6) is 0. The summed E-state index contributed by atoms with van der Waals surface area (Å²) >= 11 is 0. The van der Waals surface area contributed by atoms with E-state index in [0.717, 1.165) is 24.3 Å². The predicted molar refractivity (Wildman–Crippen MR) is 66.6 cm³/mol. The van der Waals surface area contributed by atoms with Crippen molar-refractivity contribution >= 4 is 5.69 Å². The third-order valence-corrected chi connectivity index (χ3v) is 3.11. The van der Waals surface area contributed by atoms with Crippen LogP contribution in [0.4, 0.5) is 5.69 Å². The molecule has 0 spiro atoms. The molecule has 2 rings (SSSR count). The quantitative estimate of drug-likeness (QED) is 0.726. The summed E-state index contributed by atoms with van der Waals surface area (Å²) in [7, 11) is 0. The lowest BCUT2D eigenvalue weighted by Gasteiger charge is -2.16. The van der Waals surface area contributed by atoms with Crippen LogP contribution in [-0.2, 0) is 0 Å². The molecule has 1 heterocycles. The maximum atomic E-state index is 9.64. The minimum atomic E-state index is -0.416. The van der Waals surface area contributed by atoms with Crippen LogP contribution in [0.25, 0.3) is 0 Å². The molecular formula is C13H20N2O. The molecule has 88 valence electrons. The average Bonchev–Trinajstić information content (AvgIpc) is 2.79. The normalized spacial score (nSPS) is 22.0. The molecule has 1 aliphatic rings. The van der Waals surface area contributed by atoms with Gasteiger partial charge in [-0.05, 0) is 32.4 Å². The van der Waals surface area contributed by atoms with Crippen LogP contribution in [-0.4, -0.2) is 24.2 Å². The molecule has 0 aliphatic carbocycles. The summed E-state index contributed by atoms with van der Waals surface area (Å²) in [5.41, 5.74) is 2.02. The topological polar surface area (TPSA) is 44.3 Å². The number of aliphatic hydroxyl groups excluding tert-OH is 1. The molecule has 1 aromatic carbocycles. The zero-order chi connectivity index (χ0) is 11.4. The molecule has 1 saturated heterocycles. The van der Waals surface area contributed by atoms with Crippen LogP contribution in [0, 0.1) is 0 Å². The van der Waals surface area contributed by atoms with Gasteiger partial charge in [0.1, 0.15) is 0 Å². The van der Waals surface area contributed by atoms with Gasteiger partial charge in [0.25, 0.3) is 0 Å². The van der Waals surface area contributed by atoms with Gasteiger partial charge in [0, 0.05) is 23.8 Å². The van der Waals surface area contributed by atoms with Crippen molar-refractivity contribution in [1.82, 2.24) is 5.32 Å². The largest absolute Gasteiger partial charge is 0.389 e. The van der Waals surface area contributed by atoms with Crippen molar-refractivity contribution in [3.8, 4) is 0 Å². The molecule has 3 heteroatoms. The Kier molecular flexibility index (Phi) is 3.80. The van der Waals surface area contributed by atoms with Gasteiger partial charge in [0.2, 0.25) is 0 Å². The fraction of sp³-hybridized carbons (Fsp3) is 0.538. The number of para-hydroxylation sites is 1. The summed E-state index contributed by atoms with van der Waals surface area (Å²) < 4.78 is 0. The number of aliphatic hydroxyl groups is 1. The van der Waals surface area contributed by atoms with E-state index >= 15 is 0 Å². The van der Waals surface area contributed by atoms with Gasteiger partial charge >= 0.3 is 0 Å². The first-order chi connectivity index (χ1) is 7.77. The highest BCUT2D eigenvalue weighted by Gasteiger charge is 2.14. The van der Waals surface area contributed by atoms with Crippen molar-refractivity contribution in [2.75, 3.05) is 18.4 Å². The molecule has 2 unspecified atom stereocenters. The molecule has 1 fully saturated rings. The van der Waals surface area contributed by atoms with E-state index in [1.165, 1.54) is 12.8 Å². The van der Waals surface area contributed by atoms with E-state index in [1.807, 2.05) is 24.3 Å². The van der Waals surface area contributed by atoms with Gasteiger partial charge in [-0.2, -0.15) is 0 Å². The van der Waals surface area contributed by atoms with E-state index in [9.17, 15) is 5.11 Å². The average molecular weight is 220 g/mol. The van der Waals surface area contributed by atoms with Crippen LogP contribution < -0.4 is 10.6 Å². The molecule has 0 amide bonds. The Labute approximate surface area is 96.9 Å². The van der Waals surface area contributed by atoms with E-state index in [2.05, 4.69) is 10.6 Å². The maximum absolute atomic E-state index is 9.64. The molecule has 0 radical (unpaired) electrons. The molecule has 0 saturated carbocycles. The monoisotopic (exact) mass is 220 g/mol. The molecule has 0 aromatic heterocycles. The van der Waals surface area contributed by atoms with Crippen LogP contribution in [0.2, 0.25) is 0 Å². The molecule has 16 heavy (non-hydrogen) atoms. The molecule has 3 nitrogen and oxygen atoms in total. The minimum absolute atomic E-state index is 0.416. The first kappa shape index (κ1) is 11.4. The Morgan fingerprint density at radius 1 is 1.50 bits per heavy atom. The summed E-state index contributed by atoms with van der Waals surface area (Å²) in [6, 6.07) is 8.52. The molecule has 1 aliphatic heterocycles. The maximum Gasteiger partial charge on any atom is 0.0781 e. The SMILES string of the molecule is CC(O)c1ccccc1NCC1CCCN1. The van der Waals surface area contributed by atoms with Crippen LogP contribution in [0.15, 0.2) is 24.3 Å². The second kappa shape index (κ2) is 5.32. The number of rotatable bonds is 4. The molecule has 2 atom stereocenters. The van der Waals surface area contributed by atoms with Crippen molar-refractivity contribution in [2.24, 2.45) is 0 Å². The second-order valence-corrected chi connectivity index (χ2v) is 4.44. The Morgan fingerprint density at radius 2 is 2.31 bits per heavy atom. The third-order valence-electron chi connectivity index (χ3n) is 3.11. The number of hydrogen-bond donors (Lipinski definition) is 3.